The predicted molar refractivity (Wildman–Crippen MR) is 54.1 cm³/mol. The maximum absolute atomic E-state index is 11.4. The highest BCUT2D eigenvalue weighted by atomic mass is 16.2. The van der Waals surface area contributed by atoms with Crippen molar-refractivity contribution in [1.29, 1.82) is 0 Å². The van der Waals surface area contributed by atoms with E-state index in [0.29, 0.717) is 19.4 Å². The topological polar surface area (TPSA) is 66.5 Å². The van der Waals surface area contributed by atoms with Crippen LogP contribution in [0.1, 0.15) is 25.7 Å². The van der Waals surface area contributed by atoms with Gasteiger partial charge in [-0.1, -0.05) is 0 Å². The number of likely N-dealkylation sites (tertiary alicyclic amines) is 1. The smallest absolute Gasteiger partial charge is 0.223 e. The van der Waals surface area contributed by atoms with Crippen LogP contribution in [0.3, 0.4) is 0 Å². The van der Waals surface area contributed by atoms with Gasteiger partial charge in [0.1, 0.15) is 6.29 Å². The average molecular weight is 212 g/mol. The highest BCUT2D eigenvalue weighted by Gasteiger charge is 2.27. The van der Waals surface area contributed by atoms with Gasteiger partial charge in [-0.25, -0.2) is 0 Å². The van der Waals surface area contributed by atoms with Crippen molar-refractivity contribution >= 4 is 18.1 Å². The van der Waals surface area contributed by atoms with Crippen molar-refractivity contribution in [2.45, 2.75) is 31.7 Å². The molecule has 84 valence electrons. The van der Waals surface area contributed by atoms with E-state index in [4.69, 9.17) is 0 Å². The van der Waals surface area contributed by atoms with Gasteiger partial charge >= 0.3 is 0 Å². The summed E-state index contributed by atoms with van der Waals surface area (Å²) >= 11 is 0. The van der Waals surface area contributed by atoms with Crippen molar-refractivity contribution in [2.75, 3.05) is 13.6 Å². The molecule has 1 fully saturated rings. The van der Waals surface area contributed by atoms with Crippen LogP contribution >= 0.6 is 0 Å². The Morgan fingerprint density at radius 3 is 2.87 bits per heavy atom. The second-order valence-corrected chi connectivity index (χ2v) is 3.61. The van der Waals surface area contributed by atoms with Crippen LogP contribution < -0.4 is 5.32 Å². The van der Waals surface area contributed by atoms with Crippen LogP contribution in [0.2, 0.25) is 0 Å². The van der Waals surface area contributed by atoms with Gasteiger partial charge in [0.15, 0.2) is 0 Å². The van der Waals surface area contributed by atoms with E-state index in [0.717, 1.165) is 12.7 Å². The molecule has 1 unspecified atom stereocenters. The van der Waals surface area contributed by atoms with E-state index in [2.05, 4.69) is 5.32 Å². The van der Waals surface area contributed by atoms with E-state index in [1.54, 1.807) is 11.9 Å². The summed E-state index contributed by atoms with van der Waals surface area (Å²) in [5.74, 6) is -0.0856. The number of hydrogen-bond acceptors (Lipinski definition) is 3. The molecule has 15 heavy (non-hydrogen) atoms. The van der Waals surface area contributed by atoms with Crippen molar-refractivity contribution in [1.82, 2.24) is 10.2 Å². The molecule has 0 spiro atoms. The van der Waals surface area contributed by atoms with Gasteiger partial charge < -0.3 is 15.0 Å². The maximum atomic E-state index is 11.4. The van der Waals surface area contributed by atoms with E-state index in [-0.39, 0.29) is 18.2 Å². The van der Waals surface area contributed by atoms with Crippen molar-refractivity contribution in [3.05, 3.63) is 0 Å². The largest absolute Gasteiger partial charge is 0.359 e. The Morgan fingerprint density at radius 1 is 1.67 bits per heavy atom. The van der Waals surface area contributed by atoms with Gasteiger partial charge in [0.2, 0.25) is 11.8 Å². The lowest BCUT2D eigenvalue weighted by atomic mass is 10.1. The molecule has 1 aliphatic rings. The molecule has 0 radical (unpaired) electrons. The Bertz CT molecular complexity index is 265. The zero-order chi connectivity index (χ0) is 11.3. The van der Waals surface area contributed by atoms with Crippen LogP contribution in [0, 0.1) is 0 Å². The molecule has 0 bridgehead atoms. The molecule has 1 atom stereocenters. The lowest BCUT2D eigenvalue weighted by molar-refractivity contribution is -0.133. The van der Waals surface area contributed by atoms with Gasteiger partial charge in [-0.05, 0) is 12.8 Å². The first-order valence-electron chi connectivity index (χ1n) is 5.14. The fourth-order valence-electron chi connectivity index (χ4n) is 1.72. The first-order valence-corrected chi connectivity index (χ1v) is 5.14. The molecule has 5 nitrogen and oxygen atoms in total. The number of rotatable bonds is 5. The molecule has 2 amide bonds. The Balaban J connectivity index is 2.45. The van der Waals surface area contributed by atoms with Gasteiger partial charge in [-0.2, -0.15) is 0 Å². The minimum absolute atomic E-state index is 0.0176. The number of carbonyl (C=O) groups is 3. The van der Waals surface area contributed by atoms with Gasteiger partial charge in [0, 0.05) is 26.4 Å². The summed E-state index contributed by atoms with van der Waals surface area (Å²) in [6, 6.07) is -0.433. The first kappa shape index (κ1) is 11.7. The maximum Gasteiger partial charge on any atom is 0.223 e. The number of hydrogen-bond donors (Lipinski definition) is 1. The van der Waals surface area contributed by atoms with E-state index in [1.807, 2.05) is 0 Å². The van der Waals surface area contributed by atoms with Gasteiger partial charge in [0.05, 0.1) is 6.04 Å². The van der Waals surface area contributed by atoms with Crippen LogP contribution in [-0.2, 0) is 14.4 Å². The predicted octanol–water partition coefficient (Wildman–Crippen LogP) is -0.298. The standard InChI is InChI=1S/C10H16N2O3/c1-11-9(14)5-4-8(7-13)12-6-2-3-10(12)15/h7-8H,2-6H2,1H3,(H,11,14). The summed E-state index contributed by atoms with van der Waals surface area (Å²) in [5.41, 5.74) is 0. The molecule has 1 aliphatic heterocycles. The lowest BCUT2D eigenvalue weighted by Gasteiger charge is -2.22. The third-order valence-electron chi connectivity index (χ3n) is 2.61. The fourth-order valence-corrected chi connectivity index (χ4v) is 1.72. The first-order chi connectivity index (χ1) is 7.19. The Kier molecular flexibility index (Phi) is 4.27. The summed E-state index contributed by atoms with van der Waals surface area (Å²) < 4.78 is 0. The SMILES string of the molecule is CNC(=O)CCC(C=O)N1CCCC1=O. The van der Waals surface area contributed by atoms with Crippen molar-refractivity contribution in [2.24, 2.45) is 0 Å². The average Bonchev–Trinajstić information content (AvgIpc) is 2.65. The van der Waals surface area contributed by atoms with Crippen molar-refractivity contribution < 1.29 is 14.4 Å². The van der Waals surface area contributed by atoms with Gasteiger partial charge in [-0.3, -0.25) is 9.59 Å². The fraction of sp³-hybridized carbons (Fsp3) is 0.700. The number of aldehydes is 1. The van der Waals surface area contributed by atoms with Crippen molar-refractivity contribution in [3.63, 3.8) is 0 Å². The highest BCUT2D eigenvalue weighted by Crippen LogP contribution is 2.15. The van der Waals surface area contributed by atoms with Gasteiger partial charge in [-0.15, -0.1) is 0 Å². The van der Waals surface area contributed by atoms with E-state index in [9.17, 15) is 14.4 Å². The zero-order valence-electron chi connectivity index (χ0n) is 8.86. The summed E-state index contributed by atoms with van der Waals surface area (Å²) in [6.07, 6.45) is 2.78. The number of amides is 2. The molecule has 0 aliphatic carbocycles. The van der Waals surface area contributed by atoms with Crippen molar-refractivity contribution in [3.8, 4) is 0 Å². The highest BCUT2D eigenvalue weighted by molar-refractivity contribution is 5.82. The number of nitrogens with zero attached hydrogens (tertiary/aromatic N) is 1. The Labute approximate surface area is 88.8 Å². The molecule has 0 saturated carbocycles. The van der Waals surface area contributed by atoms with Crippen LogP contribution in [-0.4, -0.2) is 42.6 Å². The molecule has 5 heteroatoms. The summed E-state index contributed by atoms with van der Waals surface area (Å²) in [4.78, 5) is 34.7. The molecule has 0 aromatic rings. The minimum atomic E-state index is -0.433. The number of nitrogens with one attached hydrogen (secondary N) is 1. The van der Waals surface area contributed by atoms with Crippen LogP contribution in [0.5, 0.6) is 0 Å². The molecular weight excluding hydrogens is 196 g/mol. The van der Waals surface area contributed by atoms with Crippen LogP contribution in [0.15, 0.2) is 0 Å². The molecule has 0 aromatic heterocycles. The van der Waals surface area contributed by atoms with E-state index in [1.165, 1.54) is 0 Å². The van der Waals surface area contributed by atoms with Crippen LogP contribution in [0.4, 0.5) is 0 Å². The molecule has 1 heterocycles. The second kappa shape index (κ2) is 5.48. The molecule has 1 N–H and O–H groups in total. The Morgan fingerprint density at radius 2 is 2.40 bits per heavy atom. The molecule has 0 aromatic carbocycles. The lowest BCUT2D eigenvalue weighted by Crippen LogP contribution is -2.38. The summed E-state index contributed by atoms with van der Waals surface area (Å²) in [5, 5.41) is 2.49. The third-order valence-corrected chi connectivity index (χ3v) is 2.61. The number of carbonyl (C=O) groups excluding carboxylic acids is 3. The van der Waals surface area contributed by atoms with E-state index >= 15 is 0 Å². The van der Waals surface area contributed by atoms with E-state index < -0.39 is 6.04 Å². The van der Waals surface area contributed by atoms with Crippen LogP contribution in [0.25, 0.3) is 0 Å². The Hall–Kier alpha value is -1.39. The minimum Gasteiger partial charge on any atom is -0.359 e. The van der Waals surface area contributed by atoms with Gasteiger partial charge in [0.25, 0.3) is 0 Å². The second-order valence-electron chi connectivity index (χ2n) is 3.61. The normalized spacial score (nSPS) is 17.7. The zero-order valence-corrected chi connectivity index (χ0v) is 8.86. The summed E-state index contributed by atoms with van der Waals surface area (Å²) in [6.45, 7) is 0.635. The quantitative estimate of drug-likeness (QED) is 0.636. The molecule has 1 saturated heterocycles. The monoisotopic (exact) mass is 212 g/mol. The third kappa shape index (κ3) is 3.04. The summed E-state index contributed by atoms with van der Waals surface area (Å²) in [7, 11) is 1.55. The molecule has 1 rings (SSSR count). The molecular formula is C10H16N2O3.